The number of benzene rings is 2. The molecule has 2 rings (SSSR count). The Morgan fingerprint density at radius 3 is 2.54 bits per heavy atom. The van der Waals surface area contributed by atoms with Crippen LogP contribution in [0.1, 0.15) is 13.3 Å². The highest BCUT2D eigenvalue weighted by Crippen LogP contribution is 2.30. The van der Waals surface area contributed by atoms with Crippen LogP contribution in [0.15, 0.2) is 42.5 Å². The second-order valence-electron chi connectivity index (χ2n) is 4.88. The molecule has 8 heteroatoms. The van der Waals surface area contributed by atoms with Crippen molar-refractivity contribution in [2.45, 2.75) is 19.4 Å². The van der Waals surface area contributed by atoms with E-state index in [1.54, 1.807) is 6.92 Å². The number of ether oxygens (including phenoxy) is 1. The summed E-state index contributed by atoms with van der Waals surface area (Å²) in [7, 11) is 0. The lowest BCUT2D eigenvalue weighted by Gasteiger charge is -2.18. The van der Waals surface area contributed by atoms with Gasteiger partial charge in [-0.2, -0.15) is 0 Å². The van der Waals surface area contributed by atoms with Crippen LogP contribution in [0.25, 0.3) is 0 Å². The van der Waals surface area contributed by atoms with Gasteiger partial charge >= 0.3 is 0 Å². The lowest BCUT2D eigenvalue weighted by molar-refractivity contribution is -0.384. The van der Waals surface area contributed by atoms with Gasteiger partial charge in [-0.25, -0.2) is 4.39 Å². The molecule has 0 bridgehead atoms. The van der Waals surface area contributed by atoms with Gasteiger partial charge in [0.15, 0.2) is 6.10 Å². The topological polar surface area (TPSA) is 81.5 Å². The molecule has 1 atom stereocenters. The molecule has 0 saturated heterocycles. The van der Waals surface area contributed by atoms with Gasteiger partial charge in [0.1, 0.15) is 11.6 Å². The number of nitrogens with one attached hydrogen (secondary N) is 1. The van der Waals surface area contributed by atoms with Crippen molar-refractivity contribution in [1.29, 1.82) is 0 Å². The number of carbonyl (C=O) groups is 1. The van der Waals surface area contributed by atoms with Crippen LogP contribution >= 0.6 is 11.6 Å². The number of hydrogen-bond acceptors (Lipinski definition) is 4. The summed E-state index contributed by atoms with van der Waals surface area (Å²) in [5.41, 5.74) is 0.259. The number of halogens is 2. The van der Waals surface area contributed by atoms with Crippen molar-refractivity contribution in [1.82, 2.24) is 0 Å². The zero-order chi connectivity index (χ0) is 17.7. The smallest absolute Gasteiger partial charge is 0.271 e. The van der Waals surface area contributed by atoms with Gasteiger partial charge in [0.05, 0.1) is 9.95 Å². The van der Waals surface area contributed by atoms with Crippen molar-refractivity contribution in [2.24, 2.45) is 0 Å². The lowest BCUT2D eigenvalue weighted by atomic mass is 10.2. The molecule has 0 heterocycles. The fraction of sp³-hybridized carbons (Fsp3) is 0.188. The minimum Gasteiger partial charge on any atom is -0.479 e. The van der Waals surface area contributed by atoms with Gasteiger partial charge in [-0.1, -0.05) is 18.5 Å². The first-order chi connectivity index (χ1) is 11.4. The molecule has 0 aliphatic carbocycles. The molecule has 1 N–H and O–H groups in total. The summed E-state index contributed by atoms with van der Waals surface area (Å²) in [6, 6.07) is 9.05. The second kappa shape index (κ2) is 7.74. The summed E-state index contributed by atoms with van der Waals surface area (Å²) in [5.74, 6) is -0.671. The number of nitrogens with zero attached hydrogens (tertiary/aromatic N) is 1. The summed E-state index contributed by atoms with van der Waals surface area (Å²) in [5, 5.41) is 13.3. The van der Waals surface area contributed by atoms with Crippen molar-refractivity contribution in [3.63, 3.8) is 0 Å². The zero-order valence-electron chi connectivity index (χ0n) is 12.7. The molecule has 1 amide bonds. The van der Waals surface area contributed by atoms with Crippen LogP contribution in [0.3, 0.4) is 0 Å². The van der Waals surface area contributed by atoms with E-state index >= 15 is 0 Å². The first kappa shape index (κ1) is 17.7. The monoisotopic (exact) mass is 352 g/mol. The number of rotatable bonds is 6. The molecule has 0 saturated carbocycles. The third kappa shape index (κ3) is 4.42. The number of non-ortho nitro benzene ring substituents is 1. The minimum absolute atomic E-state index is 0.0391. The van der Waals surface area contributed by atoms with Crippen molar-refractivity contribution in [3.8, 4) is 5.75 Å². The third-order valence-corrected chi connectivity index (χ3v) is 3.47. The predicted molar refractivity (Wildman–Crippen MR) is 87.8 cm³/mol. The van der Waals surface area contributed by atoms with E-state index < -0.39 is 22.8 Å². The summed E-state index contributed by atoms with van der Waals surface area (Å²) in [6.45, 7) is 1.74. The number of anilines is 1. The largest absolute Gasteiger partial charge is 0.479 e. The summed E-state index contributed by atoms with van der Waals surface area (Å²) >= 11 is 5.95. The van der Waals surface area contributed by atoms with Crippen LogP contribution in [0.2, 0.25) is 5.02 Å². The van der Waals surface area contributed by atoms with Crippen LogP contribution in [0.4, 0.5) is 15.8 Å². The molecule has 2 aromatic carbocycles. The third-order valence-electron chi connectivity index (χ3n) is 3.17. The SMILES string of the molecule is CCC(Oc1ccc([N+](=O)[O-])cc1Cl)C(=O)Nc1ccc(F)cc1. The fourth-order valence-corrected chi connectivity index (χ4v) is 2.15. The molecule has 2 aromatic rings. The lowest BCUT2D eigenvalue weighted by Crippen LogP contribution is -2.32. The Labute approximate surface area is 142 Å². The van der Waals surface area contributed by atoms with Gasteiger partial charge in [-0.3, -0.25) is 14.9 Å². The number of nitro benzene ring substituents is 1. The average Bonchev–Trinajstić information content (AvgIpc) is 2.55. The van der Waals surface area contributed by atoms with Gasteiger partial charge in [-0.05, 0) is 36.8 Å². The van der Waals surface area contributed by atoms with E-state index in [-0.39, 0.29) is 16.5 Å². The first-order valence-corrected chi connectivity index (χ1v) is 7.45. The standard InChI is InChI=1S/C16H14ClFN2O4/c1-2-14(16(21)19-11-5-3-10(18)4-6-11)24-15-8-7-12(20(22)23)9-13(15)17/h3-9,14H,2H2,1H3,(H,19,21). The maximum atomic E-state index is 12.9. The molecular weight excluding hydrogens is 339 g/mol. The number of hydrogen-bond donors (Lipinski definition) is 1. The quantitative estimate of drug-likeness (QED) is 0.624. The summed E-state index contributed by atoms with van der Waals surface area (Å²) in [6.07, 6.45) is -0.505. The minimum atomic E-state index is -0.853. The highest BCUT2D eigenvalue weighted by Gasteiger charge is 2.21. The molecule has 0 fully saturated rings. The Hall–Kier alpha value is -2.67. The Morgan fingerprint density at radius 2 is 2.00 bits per heavy atom. The molecule has 24 heavy (non-hydrogen) atoms. The Bertz CT molecular complexity index is 752. The zero-order valence-corrected chi connectivity index (χ0v) is 13.4. The molecule has 1 unspecified atom stereocenters. The molecule has 0 radical (unpaired) electrons. The average molecular weight is 353 g/mol. The molecule has 0 aliphatic rings. The van der Waals surface area contributed by atoms with Gasteiger partial charge in [0.25, 0.3) is 11.6 Å². The predicted octanol–water partition coefficient (Wildman–Crippen LogP) is 4.18. The van der Waals surface area contributed by atoms with Crippen LogP contribution < -0.4 is 10.1 Å². The van der Waals surface area contributed by atoms with Gasteiger partial charge in [0, 0.05) is 17.8 Å². The fourth-order valence-electron chi connectivity index (χ4n) is 1.93. The normalized spacial score (nSPS) is 11.6. The van der Waals surface area contributed by atoms with Gasteiger partial charge < -0.3 is 10.1 Å². The Balaban J connectivity index is 2.09. The molecule has 0 spiro atoms. The van der Waals surface area contributed by atoms with Crippen molar-refractivity contribution in [2.75, 3.05) is 5.32 Å². The second-order valence-corrected chi connectivity index (χ2v) is 5.29. The van der Waals surface area contributed by atoms with E-state index in [0.29, 0.717) is 12.1 Å². The number of amides is 1. The van der Waals surface area contributed by atoms with Crippen molar-refractivity contribution >= 4 is 28.9 Å². The first-order valence-electron chi connectivity index (χ1n) is 7.07. The molecule has 6 nitrogen and oxygen atoms in total. The molecule has 126 valence electrons. The number of carbonyl (C=O) groups excluding carboxylic acids is 1. The van der Waals surface area contributed by atoms with Crippen molar-refractivity contribution < 1.29 is 18.8 Å². The van der Waals surface area contributed by atoms with E-state index in [2.05, 4.69) is 5.32 Å². The van der Waals surface area contributed by atoms with Crippen molar-refractivity contribution in [3.05, 3.63) is 63.4 Å². The van der Waals surface area contributed by atoms with Crippen LogP contribution in [0, 0.1) is 15.9 Å². The van der Waals surface area contributed by atoms with Gasteiger partial charge in [0.2, 0.25) is 0 Å². The van der Waals surface area contributed by atoms with Crippen LogP contribution in [-0.4, -0.2) is 16.9 Å². The van der Waals surface area contributed by atoms with Gasteiger partial charge in [-0.15, -0.1) is 0 Å². The van der Waals surface area contributed by atoms with Crippen LogP contribution in [0.5, 0.6) is 5.75 Å². The molecule has 0 aliphatic heterocycles. The summed E-state index contributed by atoms with van der Waals surface area (Å²) < 4.78 is 18.4. The maximum Gasteiger partial charge on any atom is 0.271 e. The number of nitro groups is 1. The molecular formula is C16H14ClFN2O4. The molecule has 0 aromatic heterocycles. The van der Waals surface area contributed by atoms with E-state index in [0.717, 1.165) is 6.07 Å². The highest BCUT2D eigenvalue weighted by atomic mass is 35.5. The van der Waals surface area contributed by atoms with Crippen LogP contribution in [-0.2, 0) is 4.79 Å². The highest BCUT2D eigenvalue weighted by molar-refractivity contribution is 6.32. The Morgan fingerprint density at radius 1 is 1.33 bits per heavy atom. The van der Waals surface area contributed by atoms with E-state index in [1.807, 2.05) is 0 Å². The van der Waals surface area contributed by atoms with E-state index in [9.17, 15) is 19.3 Å². The van der Waals surface area contributed by atoms with E-state index in [1.165, 1.54) is 36.4 Å². The Kier molecular flexibility index (Phi) is 5.70. The van der Waals surface area contributed by atoms with E-state index in [4.69, 9.17) is 16.3 Å². The maximum absolute atomic E-state index is 12.9. The summed E-state index contributed by atoms with van der Waals surface area (Å²) in [4.78, 5) is 22.4.